The van der Waals surface area contributed by atoms with Gasteiger partial charge in [0.25, 0.3) is 0 Å². The number of amides is 2. The highest BCUT2D eigenvalue weighted by atomic mass is 16.5. The van der Waals surface area contributed by atoms with Gasteiger partial charge in [0.2, 0.25) is 11.8 Å². The van der Waals surface area contributed by atoms with Crippen LogP contribution in [0.15, 0.2) is 97.6 Å². The standard InChI is InChI=1S/C34H36N2O4/c1-3-7-33(37)35-19-17-27-11-5-9-25-13-15-29(23-31(25)27)39-21-22-40-30-16-14-26-10-6-12-28(32(26)24-30)18-20-36-34(38)8-4-2/h3-6,8-16,23-24H,1,7,17-22H2,2H3,(H,35,37)(H,36,38). The number of ether oxygens (including phenoxy) is 2. The van der Waals surface area contributed by atoms with E-state index >= 15 is 0 Å². The van der Waals surface area contributed by atoms with Crippen LogP contribution >= 0.6 is 0 Å². The molecule has 0 aliphatic heterocycles. The largest absolute Gasteiger partial charge is 0.490 e. The zero-order valence-electron chi connectivity index (χ0n) is 23.0. The van der Waals surface area contributed by atoms with Gasteiger partial charge in [-0.05, 0) is 82.8 Å². The predicted molar refractivity (Wildman–Crippen MR) is 162 cm³/mol. The molecule has 0 bridgehead atoms. The van der Waals surface area contributed by atoms with Crippen molar-refractivity contribution in [2.45, 2.75) is 26.2 Å². The summed E-state index contributed by atoms with van der Waals surface area (Å²) in [6, 6.07) is 24.5. The Kier molecular flexibility index (Phi) is 10.3. The highest BCUT2D eigenvalue weighted by Crippen LogP contribution is 2.26. The SMILES string of the molecule is C=CCC(=O)NCCc1cccc2ccc(OCCOc3ccc4cccc(CCNC(=O)C=CC)c4c3)cc12. The zero-order valence-corrected chi connectivity index (χ0v) is 23.0. The molecule has 6 nitrogen and oxygen atoms in total. The number of hydrogen-bond acceptors (Lipinski definition) is 4. The Morgan fingerprint density at radius 1 is 0.775 bits per heavy atom. The van der Waals surface area contributed by atoms with Crippen molar-refractivity contribution in [2.24, 2.45) is 0 Å². The third-order valence-electron chi connectivity index (χ3n) is 6.57. The molecular weight excluding hydrogens is 500 g/mol. The molecule has 0 saturated heterocycles. The molecule has 0 radical (unpaired) electrons. The molecule has 2 amide bonds. The van der Waals surface area contributed by atoms with Gasteiger partial charge < -0.3 is 20.1 Å². The molecule has 0 spiro atoms. The number of allylic oxidation sites excluding steroid dienone is 1. The van der Waals surface area contributed by atoms with Gasteiger partial charge in [0.05, 0.1) is 0 Å². The van der Waals surface area contributed by atoms with Crippen molar-refractivity contribution in [1.82, 2.24) is 10.6 Å². The molecule has 0 atom stereocenters. The van der Waals surface area contributed by atoms with Crippen LogP contribution in [0.25, 0.3) is 21.5 Å². The molecular formula is C34H36N2O4. The number of carbonyl (C=O) groups excluding carboxylic acids is 2. The maximum Gasteiger partial charge on any atom is 0.243 e. The fraction of sp³-hybridized carbons (Fsp3) is 0.235. The molecule has 4 aromatic carbocycles. The number of fused-ring (bicyclic) bond motifs is 2. The summed E-state index contributed by atoms with van der Waals surface area (Å²) in [6.45, 7) is 7.38. The Bertz CT molecular complexity index is 1510. The first-order chi connectivity index (χ1) is 19.6. The van der Waals surface area contributed by atoms with E-state index < -0.39 is 0 Å². The lowest BCUT2D eigenvalue weighted by Gasteiger charge is -2.12. The Morgan fingerprint density at radius 3 is 1.85 bits per heavy atom. The first kappa shape index (κ1) is 28.4. The Hall–Kier alpha value is -4.58. The topological polar surface area (TPSA) is 76.7 Å². The lowest BCUT2D eigenvalue weighted by molar-refractivity contribution is -0.120. The minimum absolute atomic E-state index is 0.0181. The second-order valence-corrected chi connectivity index (χ2v) is 9.43. The van der Waals surface area contributed by atoms with Gasteiger partial charge in [0.1, 0.15) is 24.7 Å². The van der Waals surface area contributed by atoms with Gasteiger partial charge in [0, 0.05) is 19.5 Å². The molecule has 6 heteroatoms. The number of nitrogens with one attached hydrogen (secondary N) is 2. The van der Waals surface area contributed by atoms with Gasteiger partial charge in [-0.1, -0.05) is 60.7 Å². The summed E-state index contributed by atoms with van der Waals surface area (Å²) in [5.74, 6) is 1.46. The van der Waals surface area contributed by atoms with Gasteiger partial charge in [-0.15, -0.1) is 6.58 Å². The molecule has 0 aliphatic rings. The first-order valence-corrected chi connectivity index (χ1v) is 13.6. The van der Waals surface area contributed by atoms with E-state index in [1.807, 2.05) is 37.3 Å². The van der Waals surface area contributed by atoms with E-state index in [0.717, 1.165) is 57.0 Å². The van der Waals surface area contributed by atoms with Crippen LogP contribution in [0.4, 0.5) is 0 Å². The molecule has 0 aliphatic carbocycles. The third kappa shape index (κ3) is 7.96. The quantitative estimate of drug-likeness (QED) is 0.119. The lowest BCUT2D eigenvalue weighted by Crippen LogP contribution is -2.24. The van der Waals surface area contributed by atoms with E-state index in [0.29, 0.717) is 32.7 Å². The summed E-state index contributed by atoms with van der Waals surface area (Å²) >= 11 is 0. The maximum absolute atomic E-state index is 11.7. The molecule has 0 heterocycles. The fourth-order valence-corrected chi connectivity index (χ4v) is 4.64. The van der Waals surface area contributed by atoms with Crippen molar-refractivity contribution >= 4 is 33.4 Å². The van der Waals surface area contributed by atoms with E-state index in [-0.39, 0.29) is 11.8 Å². The zero-order chi connectivity index (χ0) is 28.2. The molecule has 0 saturated carbocycles. The number of benzene rings is 4. The Morgan fingerprint density at radius 2 is 1.32 bits per heavy atom. The molecule has 4 rings (SSSR count). The average molecular weight is 537 g/mol. The Balaban J connectivity index is 1.33. The van der Waals surface area contributed by atoms with Gasteiger partial charge in [-0.25, -0.2) is 0 Å². The fourth-order valence-electron chi connectivity index (χ4n) is 4.64. The van der Waals surface area contributed by atoms with Crippen LogP contribution in [0, 0.1) is 0 Å². The average Bonchev–Trinajstić information content (AvgIpc) is 2.96. The minimum Gasteiger partial charge on any atom is -0.490 e. The van der Waals surface area contributed by atoms with Crippen LogP contribution in [0.5, 0.6) is 11.5 Å². The molecule has 2 N–H and O–H groups in total. The van der Waals surface area contributed by atoms with Crippen molar-refractivity contribution in [3.05, 3.63) is 109 Å². The van der Waals surface area contributed by atoms with Gasteiger partial charge >= 0.3 is 0 Å². The van der Waals surface area contributed by atoms with Crippen molar-refractivity contribution in [2.75, 3.05) is 26.3 Å². The van der Waals surface area contributed by atoms with Gasteiger partial charge in [0.15, 0.2) is 0 Å². The van der Waals surface area contributed by atoms with Crippen molar-refractivity contribution in [3.8, 4) is 11.5 Å². The summed E-state index contributed by atoms with van der Waals surface area (Å²) in [4.78, 5) is 23.5. The van der Waals surface area contributed by atoms with Crippen molar-refractivity contribution in [3.63, 3.8) is 0 Å². The number of rotatable bonds is 14. The highest BCUT2D eigenvalue weighted by Gasteiger charge is 2.07. The van der Waals surface area contributed by atoms with E-state index in [1.165, 1.54) is 6.08 Å². The van der Waals surface area contributed by atoms with E-state index in [4.69, 9.17) is 9.47 Å². The van der Waals surface area contributed by atoms with Crippen LogP contribution in [0.1, 0.15) is 24.5 Å². The normalized spacial score (nSPS) is 11.0. The lowest BCUT2D eigenvalue weighted by atomic mass is 10.0. The molecule has 4 aromatic rings. The summed E-state index contributed by atoms with van der Waals surface area (Å²) in [6.07, 6.45) is 6.66. The number of hydrogen-bond donors (Lipinski definition) is 2. The van der Waals surface area contributed by atoms with Crippen molar-refractivity contribution < 1.29 is 19.1 Å². The second kappa shape index (κ2) is 14.5. The maximum atomic E-state index is 11.7. The smallest absolute Gasteiger partial charge is 0.243 e. The molecule has 0 fully saturated rings. The molecule has 0 aromatic heterocycles. The summed E-state index contributed by atoms with van der Waals surface area (Å²) < 4.78 is 12.0. The summed E-state index contributed by atoms with van der Waals surface area (Å²) in [5, 5.41) is 10.3. The predicted octanol–water partition coefficient (Wildman–Crippen LogP) is 5.92. The molecule has 0 unspecified atom stereocenters. The van der Waals surface area contributed by atoms with Crippen LogP contribution in [0.2, 0.25) is 0 Å². The van der Waals surface area contributed by atoms with Crippen LogP contribution in [-0.4, -0.2) is 38.1 Å². The van der Waals surface area contributed by atoms with Gasteiger partial charge in [-0.3, -0.25) is 9.59 Å². The van der Waals surface area contributed by atoms with E-state index in [1.54, 1.807) is 12.2 Å². The summed E-state index contributed by atoms with van der Waals surface area (Å²) in [7, 11) is 0. The van der Waals surface area contributed by atoms with Crippen molar-refractivity contribution in [1.29, 1.82) is 0 Å². The van der Waals surface area contributed by atoms with Crippen LogP contribution in [-0.2, 0) is 22.4 Å². The van der Waals surface area contributed by atoms with E-state index in [2.05, 4.69) is 59.7 Å². The van der Waals surface area contributed by atoms with Crippen LogP contribution < -0.4 is 20.1 Å². The monoisotopic (exact) mass is 536 g/mol. The number of carbonyl (C=O) groups is 2. The first-order valence-electron chi connectivity index (χ1n) is 13.6. The minimum atomic E-state index is -0.0813. The van der Waals surface area contributed by atoms with E-state index in [9.17, 15) is 9.59 Å². The molecule has 40 heavy (non-hydrogen) atoms. The highest BCUT2D eigenvalue weighted by molar-refractivity contribution is 5.89. The third-order valence-corrected chi connectivity index (χ3v) is 6.57. The van der Waals surface area contributed by atoms with Crippen LogP contribution in [0.3, 0.4) is 0 Å². The summed E-state index contributed by atoms with van der Waals surface area (Å²) in [5.41, 5.74) is 2.32. The Labute approximate surface area is 235 Å². The van der Waals surface area contributed by atoms with Gasteiger partial charge in [-0.2, -0.15) is 0 Å². The molecule has 206 valence electrons. The second-order valence-electron chi connectivity index (χ2n) is 9.43.